The van der Waals surface area contributed by atoms with Crippen LogP contribution in [0.15, 0.2) is 24.3 Å². The molecular weight excluding hydrogens is 320 g/mol. The van der Waals surface area contributed by atoms with Crippen LogP contribution in [0.1, 0.15) is 56.3 Å². The molecule has 0 aliphatic heterocycles. The Hall–Kier alpha value is -2.95. The van der Waals surface area contributed by atoms with E-state index in [1.807, 2.05) is 0 Å². The van der Waals surface area contributed by atoms with Gasteiger partial charge in [-0.2, -0.15) is 0 Å². The summed E-state index contributed by atoms with van der Waals surface area (Å²) >= 11 is 0. The molecular formula is C20H16O5. The number of rotatable bonds is 1. The molecule has 1 unspecified atom stereocenters. The first kappa shape index (κ1) is 15.6. The lowest BCUT2D eigenvalue weighted by molar-refractivity contribution is -0.121. The van der Waals surface area contributed by atoms with Crippen LogP contribution in [0.25, 0.3) is 0 Å². The number of carbonyl (C=O) groups is 3. The quantitative estimate of drug-likeness (QED) is 0.666. The van der Waals surface area contributed by atoms with Crippen LogP contribution in [0.4, 0.5) is 0 Å². The Morgan fingerprint density at radius 2 is 1.48 bits per heavy atom. The van der Waals surface area contributed by atoms with Crippen molar-refractivity contribution in [2.45, 2.75) is 26.2 Å². The topological polar surface area (TPSA) is 91.7 Å². The van der Waals surface area contributed by atoms with Crippen molar-refractivity contribution in [1.29, 1.82) is 0 Å². The first-order valence-electron chi connectivity index (χ1n) is 8.20. The molecule has 2 aliphatic carbocycles. The summed E-state index contributed by atoms with van der Waals surface area (Å²) in [4.78, 5) is 37.4. The maximum Gasteiger partial charge on any atom is 0.198 e. The molecule has 4 rings (SSSR count). The second-order valence-corrected chi connectivity index (χ2v) is 6.66. The normalized spacial score (nSPS) is 18.4. The van der Waals surface area contributed by atoms with Crippen molar-refractivity contribution < 1.29 is 24.6 Å². The molecule has 0 saturated carbocycles. The zero-order valence-corrected chi connectivity index (χ0v) is 13.6. The average molecular weight is 336 g/mol. The van der Waals surface area contributed by atoms with E-state index in [0.717, 1.165) is 0 Å². The lowest BCUT2D eigenvalue weighted by Crippen LogP contribution is -2.26. The second kappa shape index (κ2) is 5.28. The van der Waals surface area contributed by atoms with Crippen LogP contribution in [0.3, 0.4) is 0 Å². The fourth-order valence-electron chi connectivity index (χ4n) is 3.92. The number of hydrogen-bond donors (Lipinski definition) is 2. The van der Waals surface area contributed by atoms with Crippen molar-refractivity contribution >= 4 is 17.3 Å². The lowest BCUT2D eigenvalue weighted by Gasteiger charge is -2.28. The van der Waals surface area contributed by atoms with Crippen molar-refractivity contribution in [3.05, 3.63) is 57.6 Å². The van der Waals surface area contributed by atoms with Crippen LogP contribution >= 0.6 is 0 Å². The first-order chi connectivity index (χ1) is 11.9. The summed E-state index contributed by atoms with van der Waals surface area (Å²) in [7, 11) is 0. The Morgan fingerprint density at radius 1 is 0.960 bits per heavy atom. The number of carbonyl (C=O) groups excluding carboxylic acids is 3. The van der Waals surface area contributed by atoms with E-state index in [0.29, 0.717) is 24.0 Å². The van der Waals surface area contributed by atoms with Gasteiger partial charge in [-0.05, 0) is 26.2 Å². The summed E-state index contributed by atoms with van der Waals surface area (Å²) in [6.07, 6.45) is 1.20. The Bertz CT molecular complexity index is 971. The van der Waals surface area contributed by atoms with Gasteiger partial charge in [0.05, 0.1) is 11.1 Å². The van der Waals surface area contributed by atoms with Crippen LogP contribution < -0.4 is 0 Å². The number of phenols is 2. The third-order valence-corrected chi connectivity index (χ3v) is 5.30. The number of Topliss-reactive ketones (excluding diaryl/α,β-unsaturated/α-hetero) is 1. The zero-order valence-electron chi connectivity index (χ0n) is 13.6. The molecule has 2 aromatic rings. The molecule has 126 valence electrons. The van der Waals surface area contributed by atoms with E-state index in [-0.39, 0.29) is 51.9 Å². The molecule has 2 aromatic carbocycles. The summed E-state index contributed by atoms with van der Waals surface area (Å²) in [5, 5.41) is 21.4. The van der Waals surface area contributed by atoms with E-state index in [9.17, 15) is 24.6 Å². The number of phenolic OH excluding ortho intramolecular Hbond substituents is 2. The van der Waals surface area contributed by atoms with E-state index in [4.69, 9.17) is 0 Å². The largest absolute Gasteiger partial charge is 0.507 e. The molecule has 0 heterocycles. The molecule has 2 N–H and O–H groups in total. The summed E-state index contributed by atoms with van der Waals surface area (Å²) in [5.41, 5.74) is 1.04. The van der Waals surface area contributed by atoms with Gasteiger partial charge in [-0.15, -0.1) is 0 Å². The molecule has 5 nitrogen and oxygen atoms in total. The molecule has 0 saturated heterocycles. The molecule has 0 bridgehead atoms. The van der Waals surface area contributed by atoms with Crippen molar-refractivity contribution in [2.75, 3.05) is 0 Å². The minimum absolute atomic E-state index is 0.00927. The van der Waals surface area contributed by atoms with Crippen LogP contribution in [0.5, 0.6) is 11.5 Å². The first-order valence-corrected chi connectivity index (χ1v) is 8.20. The standard InChI is InChI=1S/C20H16O5/c1-9(21)10-6-7-13-14(8-10)20(25)16-15(19(13)24)17(22)11-4-2-3-5-12(11)18(16)23/h2-5,10,24-25H,6-8H2,1H3. The molecule has 0 fully saturated rings. The van der Waals surface area contributed by atoms with Crippen molar-refractivity contribution in [3.63, 3.8) is 0 Å². The predicted molar refractivity (Wildman–Crippen MR) is 89.3 cm³/mol. The highest BCUT2D eigenvalue weighted by atomic mass is 16.3. The fraction of sp³-hybridized carbons (Fsp3) is 0.250. The lowest BCUT2D eigenvalue weighted by atomic mass is 9.75. The van der Waals surface area contributed by atoms with Gasteiger partial charge in [0.1, 0.15) is 17.3 Å². The van der Waals surface area contributed by atoms with Gasteiger partial charge in [0.2, 0.25) is 0 Å². The highest BCUT2D eigenvalue weighted by Crippen LogP contribution is 2.46. The van der Waals surface area contributed by atoms with Crippen LogP contribution in [-0.4, -0.2) is 27.6 Å². The van der Waals surface area contributed by atoms with Gasteiger partial charge in [0.15, 0.2) is 11.6 Å². The van der Waals surface area contributed by atoms with E-state index < -0.39 is 11.6 Å². The molecule has 0 radical (unpaired) electrons. The molecule has 0 spiro atoms. The van der Waals surface area contributed by atoms with Crippen LogP contribution in [0.2, 0.25) is 0 Å². The summed E-state index contributed by atoms with van der Waals surface area (Å²) in [6.45, 7) is 1.50. The number of fused-ring (bicyclic) bond motifs is 3. The third-order valence-electron chi connectivity index (χ3n) is 5.30. The Labute approximate surface area is 143 Å². The number of ketones is 3. The Balaban J connectivity index is 1.99. The summed E-state index contributed by atoms with van der Waals surface area (Å²) < 4.78 is 0. The zero-order chi connectivity index (χ0) is 17.9. The molecule has 5 heteroatoms. The van der Waals surface area contributed by atoms with Crippen LogP contribution in [-0.2, 0) is 17.6 Å². The molecule has 0 aromatic heterocycles. The van der Waals surface area contributed by atoms with Crippen LogP contribution in [0, 0.1) is 5.92 Å². The van der Waals surface area contributed by atoms with Gasteiger partial charge in [0, 0.05) is 28.2 Å². The maximum atomic E-state index is 12.8. The predicted octanol–water partition coefficient (Wildman–Crippen LogP) is 2.57. The van der Waals surface area contributed by atoms with Gasteiger partial charge in [-0.3, -0.25) is 14.4 Å². The van der Waals surface area contributed by atoms with Gasteiger partial charge in [-0.25, -0.2) is 0 Å². The van der Waals surface area contributed by atoms with Gasteiger partial charge < -0.3 is 10.2 Å². The van der Waals surface area contributed by atoms with Gasteiger partial charge in [0.25, 0.3) is 0 Å². The minimum atomic E-state index is -0.481. The summed E-state index contributed by atoms with van der Waals surface area (Å²) in [6, 6.07) is 6.38. The summed E-state index contributed by atoms with van der Waals surface area (Å²) in [5.74, 6) is -1.70. The monoisotopic (exact) mass is 336 g/mol. The SMILES string of the molecule is CC(=O)C1CCc2c(O)c3c(c(O)c2C1)C(=O)c1ccccc1C3=O. The molecule has 1 atom stereocenters. The molecule has 2 aliphatic rings. The Morgan fingerprint density at radius 3 is 2.00 bits per heavy atom. The molecule has 0 amide bonds. The van der Waals surface area contributed by atoms with E-state index in [1.54, 1.807) is 18.2 Å². The van der Waals surface area contributed by atoms with Gasteiger partial charge >= 0.3 is 0 Å². The highest BCUT2D eigenvalue weighted by molar-refractivity contribution is 6.30. The van der Waals surface area contributed by atoms with E-state index >= 15 is 0 Å². The fourth-order valence-corrected chi connectivity index (χ4v) is 3.92. The van der Waals surface area contributed by atoms with E-state index in [2.05, 4.69) is 0 Å². The van der Waals surface area contributed by atoms with E-state index in [1.165, 1.54) is 13.0 Å². The number of hydrogen-bond acceptors (Lipinski definition) is 5. The average Bonchev–Trinajstić information content (AvgIpc) is 2.62. The number of benzene rings is 2. The second-order valence-electron chi connectivity index (χ2n) is 6.66. The smallest absolute Gasteiger partial charge is 0.198 e. The maximum absolute atomic E-state index is 12.8. The Kier molecular flexibility index (Phi) is 3.29. The highest BCUT2D eigenvalue weighted by Gasteiger charge is 2.39. The van der Waals surface area contributed by atoms with Gasteiger partial charge in [-0.1, -0.05) is 24.3 Å². The minimum Gasteiger partial charge on any atom is -0.507 e. The van der Waals surface area contributed by atoms with Crippen molar-refractivity contribution in [2.24, 2.45) is 5.92 Å². The van der Waals surface area contributed by atoms with Crippen molar-refractivity contribution in [1.82, 2.24) is 0 Å². The number of aromatic hydroxyl groups is 2. The third kappa shape index (κ3) is 2.05. The van der Waals surface area contributed by atoms with Crippen molar-refractivity contribution in [3.8, 4) is 11.5 Å². The molecule has 25 heavy (non-hydrogen) atoms.